The zero-order valence-corrected chi connectivity index (χ0v) is 11.0. The van der Waals surface area contributed by atoms with E-state index in [1.807, 2.05) is 30.3 Å². The maximum absolute atomic E-state index is 12.1. The molecule has 3 nitrogen and oxygen atoms in total. The predicted octanol–water partition coefficient (Wildman–Crippen LogP) is 2.01. The Labute approximate surface area is 109 Å². The molecular formula is C15H22N2O. The summed E-state index contributed by atoms with van der Waals surface area (Å²) >= 11 is 0. The molecule has 1 aromatic rings. The molecular weight excluding hydrogens is 224 g/mol. The molecule has 1 atom stereocenters. The lowest BCUT2D eigenvalue weighted by Gasteiger charge is -2.42. The zero-order chi connectivity index (χ0) is 13.0. The van der Waals surface area contributed by atoms with Crippen LogP contribution in [0.25, 0.3) is 0 Å². The molecule has 3 N–H and O–H groups in total. The number of nitrogens with two attached hydrogens (primary N) is 1. The minimum Gasteiger partial charge on any atom is -0.349 e. The second-order valence-electron chi connectivity index (χ2n) is 5.27. The standard InChI is InChI=1S/C15H22N2O/c1-2-15(9-6-10-15)17-14(18)13(16)11-12-7-4-3-5-8-12/h3-5,7-8,13H,2,6,9-11,16H2,1H3,(H,17,18)/t13-/m1/s1. The molecule has 1 aliphatic rings. The Morgan fingerprint density at radius 1 is 1.39 bits per heavy atom. The van der Waals surface area contributed by atoms with Crippen molar-refractivity contribution < 1.29 is 4.79 Å². The van der Waals surface area contributed by atoms with Crippen LogP contribution in [0.15, 0.2) is 30.3 Å². The lowest BCUT2D eigenvalue weighted by atomic mass is 9.74. The summed E-state index contributed by atoms with van der Waals surface area (Å²) < 4.78 is 0. The molecule has 1 amide bonds. The minimum absolute atomic E-state index is 0.0135. The van der Waals surface area contributed by atoms with E-state index in [1.165, 1.54) is 6.42 Å². The average molecular weight is 246 g/mol. The molecule has 1 saturated carbocycles. The maximum atomic E-state index is 12.1. The Morgan fingerprint density at radius 2 is 2.06 bits per heavy atom. The van der Waals surface area contributed by atoms with Gasteiger partial charge in [0.05, 0.1) is 6.04 Å². The van der Waals surface area contributed by atoms with Gasteiger partial charge >= 0.3 is 0 Å². The zero-order valence-electron chi connectivity index (χ0n) is 11.0. The second kappa shape index (κ2) is 5.53. The summed E-state index contributed by atoms with van der Waals surface area (Å²) in [6.45, 7) is 2.13. The third-order valence-electron chi connectivity index (χ3n) is 4.01. The van der Waals surface area contributed by atoms with Crippen LogP contribution in [0.5, 0.6) is 0 Å². The van der Waals surface area contributed by atoms with Gasteiger partial charge in [0, 0.05) is 5.54 Å². The van der Waals surface area contributed by atoms with E-state index in [1.54, 1.807) is 0 Å². The van der Waals surface area contributed by atoms with Crippen molar-refractivity contribution in [2.45, 2.75) is 50.6 Å². The number of benzene rings is 1. The molecule has 1 aromatic carbocycles. The SMILES string of the molecule is CCC1(NC(=O)[C@H](N)Cc2ccccc2)CCC1. The summed E-state index contributed by atoms with van der Waals surface area (Å²) in [5, 5.41) is 3.14. The Kier molecular flexibility index (Phi) is 4.02. The van der Waals surface area contributed by atoms with Gasteiger partial charge in [-0.25, -0.2) is 0 Å². The van der Waals surface area contributed by atoms with E-state index in [9.17, 15) is 4.79 Å². The van der Waals surface area contributed by atoms with Crippen LogP contribution in [0.4, 0.5) is 0 Å². The Bertz CT molecular complexity index is 393. The van der Waals surface area contributed by atoms with Crippen LogP contribution in [0.3, 0.4) is 0 Å². The van der Waals surface area contributed by atoms with Crippen molar-refractivity contribution in [3.05, 3.63) is 35.9 Å². The van der Waals surface area contributed by atoms with E-state index < -0.39 is 6.04 Å². The summed E-state index contributed by atoms with van der Waals surface area (Å²) in [7, 11) is 0. The number of nitrogens with one attached hydrogen (secondary N) is 1. The fraction of sp³-hybridized carbons (Fsp3) is 0.533. The van der Waals surface area contributed by atoms with Crippen molar-refractivity contribution in [2.24, 2.45) is 5.73 Å². The van der Waals surface area contributed by atoms with Gasteiger partial charge < -0.3 is 11.1 Å². The molecule has 0 radical (unpaired) electrons. The molecule has 0 heterocycles. The number of hydrogen-bond donors (Lipinski definition) is 2. The predicted molar refractivity (Wildman–Crippen MR) is 73.1 cm³/mol. The van der Waals surface area contributed by atoms with Gasteiger partial charge in [-0.15, -0.1) is 0 Å². The quantitative estimate of drug-likeness (QED) is 0.835. The van der Waals surface area contributed by atoms with Crippen LogP contribution in [0, 0.1) is 0 Å². The van der Waals surface area contributed by atoms with Crippen LogP contribution < -0.4 is 11.1 Å². The van der Waals surface area contributed by atoms with Crippen LogP contribution in [0.1, 0.15) is 38.2 Å². The number of carbonyl (C=O) groups excluding carboxylic acids is 1. The lowest BCUT2D eigenvalue weighted by molar-refractivity contribution is -0.125. The molecule has 0 aromatic heterocycles. The van der Waals surface area contributed by atoms with Crippen LogP contribution >= 0.6 is 0 Å². The molecule has 1 aliphatic carbocycles. The highest BCUT2D eigenvalue weighted by Crippen LogP contribution is 2.34. The van der Waals surface area contributed by atoms with Crippen LogP contribution in [-0.4, -0.2) is 17.5 Å². The average Bonchev–Trinajstić information content (AvgIpc) is 2.34. The van der Waals surface area contributed by atoms with E-state index in [0.717, 1.165) is 24.8 Å². The number of hydrogen-bond acceptors (Lipinski definition) is 2. The molecule has 18 heavy (non-hydrogen) atoms. The number of rotatable bonds is 5. The van der Waals surface area contributed by atoms with Crippen molar-refractivity contribution in [3.63, 3.8) is 0 Å². The summed E-state index contributed by atoms with van der Waals surface area (Å²) in [4.78, 5) is 12.1. The van der Waals surface area contributed by atoms with Gasteiger partial charge in [-0.05, 0) is 37.7 Å². The molecule has 1 fully saturated rings. The molecule has 2 rings (SSSR count). The summed E-state index contributed by atoms with van der Waals surface area (Å²) in [5.41, 5.74) is 7.12. The van der Waals surface area contributed by atoms with Crippen molar-refractivity contribution >= 4 is 5.91 Å². The van der Waals surface area contributed by atoms with Gasteiger partial charge in [-0.3, -0.25) is 4.79 Å². The molecule has 98 valence electrons. The maximum Gasteiger partial charge on any atom is 0.237 e. The summed E-state index contributed by atoms with van der Waals surface area (Å²) in [6.07, 6.45) is 4.99. The molecule has 0 spiro atoms. The van der Waals surface area contributed by atoms with Crippen molar-refractivity contribution in [2.75, 3.05) is 0 Å². The molecule has 0 unspecified atom stereocenters. The Balaban J connectivity index is 1.89. The summed E-state index contributed by atoms with van der Waals surface area (Å²) in [5.74, 6) is -0.0135. The van der Waals surface area contributed by atoms with Gasteiger partial charge in [0.1, 0.15) is 0 Å². The van der Waals surface area contributed by atoms with Gasteiger partial charge in [0.15, 0.2) is 0 Å². The Hall–Kier alpha value is -1.35. The fourth-order valence-electron chi connectivity index (χ4n) is 2.49. The van der Waals surface area contributed by atoms with E-state index in [0.29, 0.717) is 6.42 Å². The largest absolute Gasteiger partial charge is 0.349 e. The smallest absolute Gasteiger partial charge is 0.237 e. The highest BCUT2D eigenvalue weighted by molar-refractivity contribution is 5.82. The monoisotopic (exact) mass is 246 g/mol. The third-order valence-corrected chi connectivity index (χ3v) is 4.01. The first-order chi connectivity index (χ1) is 8.65. The molecule has 0 aliphatic heterocycles. The van der Waals surface area contributed by atoms with E-state index in [-0.39, 0.29) is 11.4 Å². The Morgan fingerprint density at radius 3 is 2.56 bits per heavy atom. The summed E-state index contributed by atoms with van der Waals surface area (Å²) in [6, 6.07) is 9.48. The third kappa shape index (κ3) is 2.91. The highest BCUT2D eigenvalue weighted by atomic mass is 16.2. The molecule has 3 heteroatoms. The normalized spacial score (nSPS) is 18.8. The van der Waals surface area contributed by atoms with Gasteiger partial charge in [0.25, 0.3) is 0 Å². The van der Waals surface area contributed by atoms with Crippen LogP contribution in [0.2, 0.25) is 0 Å². The molecule has 0 bridgehead atoms. The minimum atomic E-state index is -0.448. The molecule has 0 saturated heterocycles. The highest BCUT2D eigenvalue weighted by Gasteiger charge is 2.37. The van der Waals surface area contributed by atoms with Gasteiger partial charge in [-0.2, -0.15) is 0 Å². The van der Waals surface area contributed by atoms with Crippen molar-refractivity contribution in [1.82, 2.24) is 5.32 Å². The number of amides is 1. The first kappa shape index (κ1) is 13.1. The fourth-order valence-corrected chi connectivity index (χ4v) is 2.49. The first-order valence-corrected chi connectivity index (χ1v) is 6.77. The van der Waals surface area contributed by atoms with Gasteiger partial charge in [-0.1, -0.05) is 37.3 Å². The van der Waals surface area contributed by atoms with Crippen LogP contribution in [-0.2, 0) is 11.2 Å². The number of carbonyl (C=O) groups is 1. The van der Waals surface area contributed by atoms with Crippen molar-refractivity contribution in [3.8, 4) is 0 Å². The second-order valence-corrected chi connectivity index (χ2v) is 5.27. The van der Waals surface area contributed by atoms with E-state index >= 15 is 0 Å². The lowest BCUT2D eigenvalue weighted by Crippen LogP contribution is -2.57. The van der Waals surface area contributed by atoms with Gasteiger partial charge in [0.2, 0.25) is 5.91 Å². The van der Waals surface area contributed by atoms with E-state index in [2.05, 4.69) is 12.2 Å². The van der Waals surface area contributed by atoms with E-state index in [4.69, 9.17) is 5.73 Å². The van der Waals surface area contributed by atoms with Crippen molar-refractivity contribution in [1.29, 1.82) is 0 Å². The first-order valence-electron chi connectivity index (χ1n) is 6.77. The topological polar surface area (TPSA) is 55.1 Å².